The molecule has 2 aromatic rings. The van der Waals surface area contributed by atoms with Crippen LogP contribution < -0.4 is 10.2 Å². The Morgan fingerprint density at radius 2 is 1.71 bits per heavy atom. The normalized spacial score (nSPS) is 34.9. The standard InChI is InChI=1S/C20H27N7O/c28-19(21-20-10-13-7-14(11-20)9-15(8-13)12-20)16-3-5-26(6-4-16)18-2-1-17-22-24-25-27(17)23-18/h1-2,13-16H,3-12H2,(H,21,28). The monoisotopic (exact) mass is 381 g/mol. The number of rotatable bonds is 3. The molecule has 28 heavy (non-hydrogen) atoms. The molecule has 0 spiro atoms. The minimum atomic E-state index is 0.121. The van der Waals surface area contributed by atoms with E-state index in [1.54, 1.807) is 0 Å². The van der Waals surface area contributed by atoms with Crippen molar-refractivity contribution < 1.29 is 4.79 Å². The minimum Gasteiger partial charge on any atom is -0.355 e. The Bertz CT molecular complexity index is 866. The number of tetrazole rings is 1. The molecule has 0 atom stereocenters. The lowest BCUT2D eigenvalue weighted by Gasteiger charge is -2.57. The van der Waals surface area contributed by atoms with E-state index in [1.807, 2.05) is 12.1 Å². The topological polar surface area (TPSA) is 88.3 Å². The summed E-state index contributed by atoms with van der Waals surface area (Å²) in [7, 11) is 0. The Hall–Kier alpha value is -2.25. The largest absolute Gasteiger partial charge is 0.355 e. The van der Waals surface area contributed by atoms with Crippen LogP contribution in [0.4, 0.5) is 5.82 Å². The quantitative estimate of drug-likeness (QED) is 0.873. The number of fused-ring (bicyclic) bond motifs is 1. The highest BCUT2D eigenvalue weighted by molar-refractivity contribution is 5.80. The van der Waals surface area contributed by atoms with Crippen LogP contribution in [-0.4, -0.2) is 49.8 Å². The molecule has 0 radical (unpaired) electrons. The van der Waals surface area contributed by atoms with E-state index in [-0.39, 0.29) is 11.5 Å². The van der Waals surface area contributed by atoms with Crippen LogP contribution in [0.25, 0.3) is 5.65 Å². The number of piperidine rings is 1. The van der Waals surface area contributed by atoms with Gasteiger partial charge in [0.15, 0.2) is 11.5 Å². The van der Waals surface area contributed by atoms with Gasteiger partial charge in [0.2, 0.25) is 5.91 Å². The van der Waals surface area contributed by atoms with Gasteiger partial charge < -0.3 is 10.2 Å². The number of carbonyl (C=O) groups is 1. The Morgan fingerprint density at radius 1 is 1.04 bits per heavy atom. The second-order valence-electron chi connectivity index (χ2n) is 9.67. The van der Waals surface area contributed by atoms with Crippen molar-refractivity contribution in [2.45, 2.75) is 56.9 Å². The molecule has 2 aromatic heterocycles. The van der Waals surface area contributed by atoms with Gasteiger partial charge >= 0.3 is 0 Å². The molecule has 1 aliphatic heterocycles. The highest BCUT2D eigenvalue weighted by Crippen LogP contribution is 2.55. The van der Waals surface area contributed by atoms with Crippen molar-refractivity contribution in [3.8, 4) is 0 Å². The zero-order valence-electron chi connectivity index (χ0n) is 16.1. The van der Waals surface area contributed by atoms with E-state index in [2.05, 4.69) is 30.8 Å². The lowest BCUT2D eigenvalue weighted by atomic mass is 9.53. The van der Waals surface area contributed by atoms with Crippen LogP contribution in [0.15, 0.2) is 12.1 Å². The summed E-state index contributed by atoms with van der Waals surface area (Å²) in [5.41, 5.74) is 0.768. The third-order valence-electron chi connectivity index (χ3n) is 7.67. The number of amides is 1. The van der Waals surface area contributed by atoms with Crippen LogP contribution in [0.5, 0.6) is 0 Å². The fourth-order valence-corrected chi connectivity index (χ4v) is 6.81. The van der Waals surface area contributed by atoms with E-state index in [9.17, 15) is 4.79 Å². The predicted octanol–water partition coefficient (Wildman–Crippen LogP) is 1.82. The maximum atomic E-state index is 13.1. The van der Waals surface area contributed by atoms with Crippen molar-refractivity contribution in [1.29, 1.82) is 0 Å². The molecule has 8 heteroatoms. The molecule has 1 N–H and O–H groups in total. The molecule has 8 nitrogen and oxygen atoms in total. The number of nitrogens with one attached hydrogen (secondary N) is 1. The molecule has 0 unspecified atom stereocenters. The third-order valence-corrected chi connectivity index (χ3v) is 7.67. The van der Waals surface area contributed by atoms with Gasteiger partial charge in [0.05, 0.1) is 0 Å². The highest BCUT2D eigenvalue weighted by Gasteiger charge is 2.51. The van der Waals surface area contributed by atoms with Gasteiger partial charge in [-0.1, -0.05) is 0 Å². The van der Waals surface area contributed by atoms with Crippen LogP contribution in [0.1, 0.15) is 51.4 Å². The fourth-order valence-electron chi connectivity index (χ4n) is 6.81. The number of hydrogen-bond donors (Lipinski definition) is 1. The second kappa shape index (κ2) is 6.12. The van der Waals surface area contributed by atoms with E-state index in [0.29, 0.717) is 11.6 Å². The molecule has 4 bridgehead atoms. The smallest absolute Gasteiger partial charge is 0.223 e. The summed E-state index contributed by atoms with van der Waals surface area (Å²) in [5.74, 6) is 3.88. The van der Waals surface area contributed by atoms with Crippen molar-refractivity contribution in [2.24, 2.45) is 23.7 Å². The SMILES string of the molecule is O=C(NC12CC3CC(CC(C3)C1)C2)C1CCN(c2ccc3nnnn3n2)CC1. The maximum Gasteiger partial charge on any atom is 0.223 e. The van der Waals surface area contributed by atoms with Crippen LogP contribution >= 0.6 is 0 Å². The number of aromatic nitrogens is 5. The molecule has 4 saturated carbocycles. The van der Waals surface area contributed by atoms with Gasteiger partial charge in [-0.05, 0) is 91.7 Å². The van der Waals surface area contributed by atoms with Gasteiger partial charge in [0.25, 0.3) is 0 Å². The first-order valence-corrected chi connectivity index (χ1v) is 10.8. The lowest BCUT2D eigenvalue weighted by molar-refractivity contribution is -0.131. The van der Waals surface area contributed by atoms with Gasteiger partial charge in [-0.15, -0.1) is 14.8 Å². The summed E-state index contributed by atoms with van der Waals surface area (Å²) in [6.45, 7) is 1.69. The van der Waals surface area contributed by atoms with E-state index < -0.39 is 0 Å². The Kier molecular flexibility index (Phi) is 3.65. The van der Waals surface area contributed by atoms with E-state index in [4.69, 9.17) is 0 Å². The van der Waals surface area contributed by atoms with Gasteiger partial charge in [0, 0.05) is 24.5 Å². The summed E-state index contributed by atoms with van der Waals surface area (Å²) >= 11 is 0. The minimum absolute atomic E-state index is 0.121. The number of hydrogen-bond acceptors (Lipinski definition) is 6. The Balaban J connectivity index is 1.10. The molecule has 0 aromatic carbocycles. The van der Waals surface area contributed by atoms with E-state index in [0.717, 1.165) is 49.5 Å². The summed E-state index contributed by atoms with van der Waals surface area (Å²) in [4.78, 5) is 15.3. The predicted molar refractivity (Wildman–Crippen MR) is 103 cm³/mol. The van der Waals surface area contributed by atoms with Crippen LogP contribution in [0.3, 0.4) is 0 Å². The van der Waals surface area contributed by atoms with Crippen molar-refractivity contribution in [1.82, 2.24) is 30.6 Å². The summed E-state index contributed by atoms with van der Waals surface area (Å²) in [5, 5.41) is 19.5. The second-order valence-corrected chi connectivity index (χ2v) is 9.67. The molecule has 4 aliphatic carbocycles. The fraction of sp³-hybridized carbons (Fsp3) is 0.750. The molecular formula is C20H27N7O. The highest BCUT2D eigenvalue weighted by atomic mass is 16.2. The van der Waals surface area contributed by atoms with Crippen molar-refractivity contribution in [3.63, 3.8) is 0 Å². The number of carbonyl (C=O) groups excluding carboxylic acids is 1. The third kappa shape index (κ3) is 2.76. The summed E-state index contributed by atoms with van der Waals surface area (Å²) in [6, 6.07) is 3.84. The van der Waals surface area contributed by atoms with Gasteiger partial charge in [-0.3, -0.25) is 4.79 Å². The molecule has 5 aliphatic rings. The number of nitrogens with zero attached hydrogens (tertiary/aromatic N) is 6. The zero-order chi connectivity index (χ0) is 18.7. The Morgan fingerprint density at radius 3 is 2.39 bits per heavy atom. The Labute approximate surface area is 164 Å². The summed E-state index contributed by atoms with van der Waals surface area (Å²) in [6.07, 6.45) is 9.66. The van der Waals surface area contributed by atoms with Crippen molar-refractivity contribution >= 4 is 17.4 Å². The maximum absolute atomic E-state index is 13.1. The average molecular weight is 381 g/mol. The van der Waals surface area contributed by atoms with Crippen LogP contribution in [0.2, 0.25) is 0 Å². The van der Waals surface area contributed by atoms with Crippen LogP contribution in [-0.2, 0) is 4.79 Å². The first kappa shape index (κ1) is 16.7. The molecule has 148 valence electrons. The number of anilines is 1. The van der Waals surface area contributed by atoms with Gasteiger partial charge in [0.1, 0.15) is 0 Å². The summed E-state index contributed by atoms with van der Waals surface area (Å²) < 4.78 is 1.46. The molecular weight excluding hydrogens is 354 g/mol. The molecule has 5 fully saturated rings. The van der Waals surface area contributed by atoms with E-state index in [1.165, 1.54) is 43.2 Å². The average Bonchev–Trinajstić information content (AvgIpc) is 3.14. The zero-order valence-corrected chi connectivity index (χ0v) is 16.1. The van der Waals surface area contributed by atoms with Gasteiger partial charge in [-0.2, -0.15) is 0 Å². The lowest BCUT2D eigenvalue weighted by Crippen LogP contribution is -2.61. The first-order chi connectivity index (χ1) is 13.7. The molecule has 3 heterocycles. The van der Waals surface area contributed by atoms with Crippen molar-refractivity contribution in [2.75, 3.05) is 18.0 Å². The van der Waals surface area contributed by atoms with Crippen molar-refractivity contribution in [3.05, 3.63) is 12.1 Å². The van der Waals surface area contributed by atoms with Crippen LogP contribution in [0, 0.1) is 23.7 Å². The first-order valence-electron chi connectivity index (χ1n) is 10.8. The molecule has 7 rings (SSSR count). The molecule has 1 saturated heterocycles. The van der Waals surface area contributed by atoms with Gasteiger partial charge in [-0.25, -0.2) is 0 Å². The molecule has 1 amide bonds. The van der Waals surface area contributed by atoms with E-state index >= 15 is 0 Å².